The van der Waals surface area contributed by atoms with E-state index in [0.717, 1.165) is 17.7 Å². The average Bonchev–Trinajstić information content (AvgIpc) is 3.06. The maximum Gasteiger partial charge on any atom is 0.416 e. The predicted molar refractivity (Wildman–Crippen MR) is 87.7 cm³/mol. The molecule has 1 aliphatic heterocycles. The highest BCUT2D eigenvalue weighted by Gasteiger charge is 2.32. The van der Waals surface area contributed by atoms with Crippen molar-refractivity contribution in [3.05, 3.63) is 59.7 Å². The van der Waals surface area contributed by atoms with Gasteiger partial charge in [0.15, 0.2) is 6.10 Å². The number of hydrazone groups is 1. The molecule has 1 unspecified atom stereocenters. The molecule has 0 bridgehead atoms. The Kier molecular flexibility index (Phi) is 4.63. The summed E-state index contributed by atoms with van der Waals surface area (Å²) >= 11 is 0. The molecular weight excluding hydrogens is 347 g/mol. The first-order valence-electron chi connectivity index (χ1n) is 7.58. The quantitative estimate of drug-likeness (QED) is 0.669. The second-order valence-corrected chi connectivity index (χ2v) is 5.55. The van der Waals surface area contributed by atoms with Gasteiger partial charge in [-0.25, -0.2) is 0 Å². The zero-order valence-electron chi connectivity index (χ0n) is 13.2. The van der Waals surface area contributed by atoms with Gasteiger partial charge in [-0.15, -0.1) is 0 Å². The molecule has 8 heteroatoms. The van der Waals surface area contributed by atoms with Crippen molar-refractivity contribution in [2.75, 3.05) is 5.43 Å². The summed E-state index contributed by atoms with van der Waals surface area (Å²) in [6.07, 6.45) is -5.08. The van der Waals surface area contributed by atoms with Crippen LogP contribution in [0.1, 0.15) is 11.1 Å². The number of carbonyl (C=O) groups excluding carboxylic acids is 1. The SMILES string of the molecule is N#CC(=NNc1cccc(C(F)(F)F)c1)C(=O)C1Cc2ccccc2O1. The van der Waals surface area contributed by atoms with E-state index in [2.05, 4.69) is 10.5 Å². The van der Waals surface area contributed by atoms with Crippen molar-refractivity contribution >= 4 is 17.2 Å². The molecule has 3 rings (SSSR count). The number of ether oxygens (including phenoxy) is 1. The van der Waals surface area contributed by atoms with Gasteiger partial charge >= 0.3 is 6.18 Å². The fraction of sp³-hybridized carbons (Fsp3) is 0.167. The molecule has 0 amide bonds. The Labute approximate surface area is 146 Å². The summed E-state index contributed by atoms with van der Waals surface area (Å²) in [6, 6.07) is 13.1. The van der Waals surface area contributed by atoms with Gasteiger partial charge in [0.2, 0.25) is 11.5 Å². The monoisotopic (exact) mass is 359 g/mol. The van der Waals surface area contributed by atoms with E-state index in [1.165, 1.54) is 12.1 Å². The number of fused-ring (bicyclic) bond motifs is 1. The number of ketones is 1. The molecule has 132 valence electrons. The van der Waals surface area contributed by atoms with Crippen LogP contribution in [0.15, 0.2) is 53.6 Å². The van der Waals surface area contributed by atoms with Gasteiger partial charge in [0.1, 0.15) is 11.8 Å². The number of alkyl halides is 3. The third kappa shape index (κ3) is 3.67. The van der Waals surface area contributed by atoms with E-state index in [9.17, 15) is 18.0 Å². The fourth-order valence-electron chi connectivity index (χ4n) is 2.50. The fourth-order valence-corrected chi connectivity index (χ4v) is 2.50. The number of nitrogens with one attached hydrogen (secondary N) is 1. The Bertz CT molecular complexity index is 891. The standard InChI is InChI=1S/C18H12F3N3O2/c19-18(20,21)12-5-3-6-13(9-12)23-24-14(10-22)17(25)16-8-11-4-1-2-7-15(11)26-16/h1-7,9,16,23H,8H2. The molecule has 2 aromatic carbocycles. The van der Waals surface area contributed by atoms with Crippen LogP contribution in [0.4, 0.5) is 18.9 Å². The van der Waals surface area contributed by atoms with E-state index in [4.69, 9.17) is 10.00 Å². The number of rotatable bonds is 4. The lowest BCUT2D eigenvalue weighted by molar-refractivity contribution is -0.137. The number of anilines is 1. The Morgan fingerprint density at radius 1 is 1.23 bits per heavy atom. The zero-order valence-corrected chi connectivity index (χ0v) is 13.2. The van der Waals surface area contributed by atoms with Gasteiger partial charge < -0.3 is 4.74 Å². The van der Waals surface area contributed by atoms with E-state index >= 15 is 0 Å². The highest BCUT2D eigenvalue weighted by molar-refractivity contribution is 6.47. The van der Waals surface area contributed by atoms with Crippen molar-refractivity contribution < 1.29 is 22.7 Å². The molecule has 0 aliphatic carbocycles. The summed E-state index contributed by atoms with van der Waals surface area (Å²) in [5.41, 5.74) is 1.84. The lowest BCUT2D eigenvalue weighted by Gasteiger charge is -2.09. The summed E-state index contributed by atoms with van der Waals surface area (Å²) in [4.78, 5) is 12.4. The first kappa shape index (κ1) is 17.5. The van der Waals surface area contributed by atoms with Gasteiger partial charge in [-0.1, -0.05) is 24.3 Å². The van der Waals surface area contributed by atoms with Crippen molar-refractivity contribution in [3.8, 4) is 11.8 Å². The topological polar surface area (TPSA) is 74.5 Å². The van der Waals surface area contributed by atoms with Crippen molar-refractivity contribution in [2.45, 2.75) is 18.7 Å². The molecule has 0 spiro atoms. The molecule has 0 aromatic heterocycles. The number of Topliss-reactive ketones (excluding diaryl/α,β-unsaturated/α-hetero) is 1. The number of halogens is 3. The van der Waals surface area contributed by atoms with E-state index in [-0.39, 0.29) is 5.69 Å². The van der Waals surface area contributed by atoms with Crippen molar-refractivity contribution in [2.24, 2.45) is 5.10 Å². The number of hydrogen-bond acceptors (Lipinski definition) is 5. The normalized spacial score (nSPS) is 16.4. The van der Waals surface area contributed by atoms with Gasteiger partial charge in [0.25, 0.3) is 0 Å². The number of carbonyl (C=O) groups is 1. The number of para-hydroxylation sites is 1. The second-order valence-electron chi connectivity index (χ2n) is 5.55. The predicted octanol–water partition coefficient (Wildman–Crippen LogP) is 3.57. The molecule has 0 saturated heterocycles. The Hall–Kier alpha value is -3.34. The number of benzene rings is 2. The van der Waals surface area contributed by atoms with E-state index in [1.807, 2.05) is 12.1 Å². The van der Waals surface area contributed by atoms with Crippen molar-refractivity contribution in [1.82, 2.24) is 0 Å². The maximum atomic E-state index is 12.7. The van der Waals surface area contributed by atoms with Crippen molar-refractivity contribution in [3.63, 3.8) is 0 Å². The van der Waals surface area contributed by atoms with Crippen LogP contribution in [-0.4, -0.2) is 17.6 Å². The van der Waals surface area contributed by atoms with Crippen LogP contribution >= 0.6 is 0 Å². The molecule has 2 aromatic rings. The first-order chi connectivity index (χ1) is 12.4. The van der Waals surface area contributed by atoms with Gasteiger partial charge in [0, 0.05) is 6.42 Å². The molecule has 26 heavy (non-hydrogen) atoms. The number of nitriles is 1. The second kappa shape index (κ2) is 6.88. The van der Waals surface area contributed by atoms with Crippen LogP contribution < -0.4 is 10.2 Å². The maximum absolute atomic E-state index is 12.7. The van der Waals surface area contributed by atoms with Gasteiger partial charge in [0.05, 0.1) is 11.3 Å². The van der Waals surface area contributed by atoms with Crippen LogP contribution in [0.3, 0.4) is 0 Å². The number of nitrogens with zero attached hydrogens (tertiary/aromatic N) is 2. The smallest absolute Gasteiger partial charge is 0.416 e. The van der Waals surface area contributed by atoms with Crippen LogP contribution in [0.25, 0.3) is 0 Å². The largest absolute Gasteiger partial charge is 0.482 e. The van der Waals surface area contributed by atoms with Crippen LogP contribution in [0.2, 0.25) is 0 Å². The minimum atomic E-state index is -4.50. The molecule has 1 aliphatic rings. The summed E-state index contributed by atoms with van der Waals surface area (Å²) in [6.45, 7) is 0. The molecule has 5 nitrogen and oxygen atoms in total. The Balaban J connectivity index is 1.74. The Morgan fingerprint density at radius 3 is 2.69 bits per heavy atom. The van der Waals surface area contributed by atoms with Crippen LogP contribution in [0, 0.1) is 11.3 Å². The molecule has 0 radical (unpaired) electrons. The minimum absolute atomic E-state index is 0.0102. The van der Waals surface area contributed by atoms with E-state index in [1.54, 1.807) is 18.2 Å². The van der Waals surface area contributed by atoms with Crippen LogP contribution in [-0.2, 0) is 17.4 Å². The lowest BCUT2D eigenvalue weighted by atomic mass is 10.1. The summed E-state index contributed by atoms with van der Waals surface area (Å²) in [7, 11) is 0. The van der Waals surface area contributed by atoms with Crippen LogP contribution in [0.5, 0.6) is 5.75 Å². The highest BCUT2D eigenvalue weighted by atomic mass is 19.4. The van der Waals surface area contributed by atoms with Gasteiger partial charge in [-0.05, 0) is 29.8 Å². The molecule has 1 N–H and O–H groups in total. The molecule has 1 heterocycles. The molecule has 0 fully saturated rings. The third-order valence-electron chi connectivity index (χ3n) is 3.77. The summed E-state index contributed by atoms with van der Waals surface area (Å²) in [5, 5.41) is 12.8. The number of hydrogen-bond donors (Lipinski definition) is 1. The molecular formula is C18H12F3N3O2. The average molecular weight is 359 g/mol. The van der Waals surface area contributed by atoms with E-state index in [0.29, 0.717) is 12.2 Å². The van der Waals surface area contributed by atoms with Gasteiger partial charge in [-0.3, -0.25) is 10.2 Å². The van der Waals surface area contributed by atoms with Gasteiger partial charge in [-0.2, -0.15) is 23.5 Å². The Morgan fingerprint density at radius 2 is 2.00 bits per heavy atom. The zero-order chi connectivity index (χ0) is 18.7. The third-order valence-corrected chi connectivity index (χ3v) is 3.77. The van der Waals surface area contributed by atoms with E-state index < -0.39 is 29.3 Å². The summed E-state index contributed by atoms with van der Waals surface area (Å²) < 4.78 is 43.6. The molecule has 1 atom stereocenters. The summed E-state index contributed by atoms with van der Waals surface area (Å²) in [5.74, 6) is -0.0721. The molecule has 0 saturated carbocycles. The lowest BCUT2D eigenvalue weighted by Crippen LogP contribution is -2.32. The minimum Gasteiger partial charge on any atom is -0.482 e. The highest BCUT2D eigenvalue weighted by Crippen LogP contribution is 2.31. The first-order valence-corrected chi connectivity index (χ1v) is 7.58. The van der Waals surface area contributed by atoms with Crippen molar-refractivity contribution in [1.29, 1.82) is 5.26 Å².